The van der Waals surface area contributed by atoms with Gasteiger partial charge in [0.2, 0.25) is 0 Å². The predicted molar refractivity (Wildman–Crippen MR) is 90.5 cm³/mol. The van der Waals surface area contributed by atoms with Crippen molar-refractivity contribution in [3.05, 3.63) is 66.5 Å². The highest BCUT2D eigenvalue weighted by Crippen LogP contribution is 2.28. The van der Waals surface area contributed by atoms with Crippen molar-refractivity contribution in [2.75, 3.05) is 6.61 Å². The van der Waals surface area contributed by atoms with Crippen LogP contribution in [0.3, 0.4) is 0 Å². The monoisotopic (exact) mass is 320 g/mol. The van der Waals surface area contributed by atoms with Crippen molar-refractivity contribution in [1.82, 2.24) is 9.97 Å². The van der Waals surface area contributed by atoms with E-state index in [1.54, 1.807) is 55.7 Å². The second-order valence-corrected chi connectivity index (χ2v) is 5.11. The van der Waals surface area contributed by atoms with Gasteiger partial charge in [-0.2, -0.15) is 0 Å². The zero-order valence-electron chi connectivity index (χ0n) is 13.1. The van der Waals surface area contributed by atoms with Crippen LogP contribution >= 0.6 is 0 Å². The van der Waals surface area contributed by atoms with Gasteiger partial charge in [-0.05, 0) is 25.1 Å². The lowest BCUT2D eigenvalue weighted by molar-refractivity contribution is 0.0526. The number of phenols is 1. The maximum atomic E-state index is 11.6. The number of hydrogen-bond donors (Lipinski definition) is 1. The number of esters is 1. The summed E-state index contributed by atoms with van der Waals surface area (Å²) in [6.45, 7) is 2.11. The molecule has 0 unspecified atom stereocenters. The van der Waals surface area contributed by atoms with Crippen molar-refractivity contribution in [2.24, 2.45) is 0 Å². The number of rotatable bonds is 4. The lowest BCUT2D eigenvalue weighted by atomic mass is 10.1. The first-order valence-electron chi connectivity index (χ1n) is 7.57. The number of carbonyl (C=O) groups is 1. The van der Waals surface area contributed by atoms with Gasteiger partial charge >= 0.3 is 5.97 Å². The molecule has 1 N–H and O–H groups in total. The molecule has 120 valence electrons. The van der Waals surface area contributed by atoms with Crippen molar-refractivity contribution >= 4 is 5.97 Å². The van der Waals surface area contributed by atoms with E-state index < -0.39 is 0 Å². The first kappa shape index (κ1) is 15.7. The molecule has 0 spiro atoms. The van der Waals surface area contributed by atoms with E-state index in [0.29, 0.717) is 23.6 Å². The summed E-state index contributed by atoms with van der Waals surface area (Å²) in [4.78, 5) is 20.3. The fourth-order valence-corrected chi connectivity index (χ4v) is 2.30. The van der Waals surface area contributed by atoms with Crippen molar-refractivity contribution in [2.45, 2.75) is 6.92 Å². The smallest absolute Gasteiger partial charge is 0.338 e. The average molecular weight is 320 g/mol. The minimum absolute atomic E-state index is 0.188. The summed E-state index contributed by atoms with van der Waals surface area (Å²) >= 11 is 0. The Morgan fingerprint density at radius 1 is 1.00 bits per heavy atom. The van der Waals surface area contributed by atoms with Crippen LogP contribution in [0.25, 0.3) is 22.5 Å². The molecule has 2 aromatic carbocycles. The number of hydrogen-bond acceptors (Lipinski definition) is 5. The zero-order valence-corrected chi connectivity index (χ0v) is 13.1. The molecule has 0 atom stereocenters. The number of phenolic OH excluding ortho intramolecular Hbond substituents is 1. The molecule has 1 heterocycles. The fourth-order valence-electron chi connectivity index (χ4n) is 2.30. The van der Waals surface area contributed by atoms with E-state index in [1.165, 1.54) is 0 Å². The standard InChI is InChI=1S/C19H16N2O3/c1-2-24-19(23)14-9-7-13(8-10-14)18-20-11-15(12-21-18)16-5-3-4-6-17(16)22/h3-12,22H,2H2,1H3. The lowest BCUT2D eigenvalue weighted by Gasteiger charge is -2.06. The topological polar surface area (TPSA) is 72.3 Å². The predicted octanol–water partition coefficient (Wildman–Crippen LogP) is 3.69. The second kappa shape index (κ2) is 6.91. The van der Waals surface area contributed by atoms with Gasteiger partial charge in [0, 0.05) is 29.1 Å². The van der Waals surface area contributed by atoms with Gasteiger partial charge in [-0.15, -0.1) is 0 Å². The normalized spacial score (nSPS) is 10.4. The number of ether oxygens (including phenoxy) is 1. The molecule has 24 heavy (non-hydrogen) atoms. The highest BCUT2D eigenvalue weighted by molar-refractivity contribution is 5.89. The third-order valence-electron chi connectivity index (χ3n) is 3.52. The Hall–Kier alpha value is -3.21. The van der Waals surface area contributed by atoms with Crippen LogP contribution in [0, 0.1) is 0 Å². The van der Waals surface area contributed by atoms with Gasteiger partial charge in [0.25, 0.3) is 0 Å². The summed E-state index contributed by atoms with van der Waals surface area (Å²) in [5, 5.41) is 9.88. The highest BCUT2D eigenvalue weighted by Gasteiger charge is 2.09. The lowest BCUT2D eigenvalue weighted by Crippen LogP contribution is -2.04. The van der Waals surface area contributed by atoms with Crippen molar-refractivity contribution in [1.29, 1.82) is 0 Å². The molecular formula is C19H16N2O3. The minimum Gasteiger partial charge on any atom is -0.507 e. The Balaban J connectivity index is 1.83. The average Bonchev–Trinajstić information content (AvgIpc) is 2.63. The molecule has 3 rings (SSSR count). The van der Waals surface area contributed by atoms with Gasteiger partial charge in [-0.25, -0.2) is 14.8 Å². The van der Waals surface area contributed by atoms with E-state index in [0.717, 1.165) is 11.1 Å². The highest BCUT2D eigenvalue weighted by atomic mass is 16.5. The first-order chi connectivity index (χ1) is 11.7. The third kappa shape index (κ3) is 3.25. The molecule has 0 radical (unpaired) electrons. The van der Waals surface area contributed by atoms with Gasteiger partial charge in [0.05, 0.1) is 12.2 Å². The Bertz CT molecular complexity index is 843. The van der Waals surface area contributed by atoms with Crippen LogP contribution < -0.4 is 0 Å². The Kier molecular flexibility index (Phi) is 4.52. The number of carbonyl (C=O) groups excluding carboxylic acids is 1. The van der Waals surface area contributed by atoms with Crippen LogP contribution in [0.1, 0.15) is 17.3 Å². The van der Waals surface area contributed by atoms with Gasteiger partial charge in [-0.3, -0.25) is 0 Å². The number of aromatic nitrogens is 2. The Labute approximate surface area is 139 Å². The summed E-state index contributed by atoms with van der Waals surface area (Å²) in [7, 11) is 0. The van der Waals surface area contributed by atoms with Crippen LogP contribution in [-0.4, -0.2) is 27.7 Å². The van der Waals surface area contributed by atoms with Crippen LogP contribution in [0.2, 0.25) is 0 Å². The number of benzene rings is 2. The fraction of sp³-hybridized carbons (Fsp3) is 0.105. The van der Waals surface area contributed by atoms with Gasteiger partial charge in [-0.1, -0.05) is 30.3 Å². The summed E-state index contributed by atoms with van der Waals surface area (Å²) in [5.41, 5.74) is 2.71. The first-order valence-corrected chi connectivity index (χ1v) is 7.57. The largest absolute Gasteiger partial charge is 0.507 e. The summed E-state index contributed by atoms with van der Waals surface area (Å²) < 4.78 is 4.96. The maximum Gasteiger partial charge on any atom is 0.338 e. The van der Waals surface area contributed by atoms with E-state index in [9.17, 15) is 9.90 Å². The van der Waals surface area contributed by atoms with Gasteiger partial charge in [0.1, 0.15) is 5.75 Å². The molecule has 1 aromatic heterocycles. The van der Waals surface area contributed by atoms with Crippen LogP contribution in [-0.2, 0) is 4.74 Å². The van der Waals surface area contributed by atoms with Gasteiger partial charge in [0.15, 0.2) is 5.82 Å². The minimum atomic E-state index is -0.347. The molecule has 0 saturated heterocycles. The molecule has 0 saturated carbocycles. The summed E-state index contributed by atoms with van der Waals surface area (Å²) in [6.07, 6.45) is 3.33. The van der Waals surface area contributed by atoms with E-state index >= 15 is 0 Å². The molecule has 0 fully saturated rings. The van der Waals surface area contributed by atoms with E-state index in [1.807, 2.05) is 12.1 Å². The molecule has 0 aliphatic rings. The second-order valence-electron chi connectivity index (χ2n) is 5.11. The maximum absolute atomic E-state index is 11.6. The Morgan fingerprint density at radius 3 is 2.29 bits per heavy atom. The SMILES string of the molecule is CCOC(=O)c1ccc(-c2ncc(-c3ccccc3O)cn2)cc1. The summed E-state index contributed by atoms with van der Waals surface area (Å²) in [6, 6.07) is 14.0. The van der Waals surface area contributed by atoms with Crippen molar-refractivity contribution < 1.29 is 14.6 Å². The van der Waals surface area contributed by atoms with Crippen LogP contribution in [0.15, 0.2) is 60.9 Å². The third-order valence-corrected chi connectivity index (χ3v) is 3.52. The number of nitrogens with zero attached hydrogens (tertiary/aromatic N) is 2. The van der Waals surface area contributed by atoms with Gasteiger partial charge < -0.3 is 9.84 Å². The molecule has 5 nitrogen and oxygen atoms in total. The van der Waals surface area contributed by atoms with E-state index in [4.69, 9.17) is 4.74 Å². The molecule has 0 aliphatic carbocycles. The molecule has 0 bridgehead atoms. The quantitative estimate of drug-likeness (QED) is 0.742. The number of para-hydroxylation sites is 1. The number of aromatic hydroxyl groups is 1. The Morgan fingerprint density at radius 2 is 1.67 bits per heavy atom. The van der Waals surface area contributed by atoms with Crippen LogP contribution in [0.4, 0.5) is 0 Å². The van der Waals surface area contributed by atoms with E-state index in [-0.39, 0.29) is 11.7 Å². The van der Waals surface area contributed by atoms with Crippen molar-refractivity contribution in [3.8, 4) is 28.3 Å². The van der Waals surface area contributed by atoms with E-state index in [2.05, 4.69) is 9.97 Å². The van der Waals surface area contributed by atoms with Crippen molar-refractivity contribution in [3.63, 3.8) is 0 Å². The molecule has 5 heteroatoms. The zero-order chi connectivity index (χ0) is 16.9. The van der Waals surface area contributed by atoms with Crippen LogP contribution in [0.5, 0.6) is 5.75 Å². The molecule has 0 amide bonds. The molecular weight excluding hydrogens is 304 g/mol. The molecule has 0 aliphatic heterocycles. The summed E-state index contributed by atoms with van der Waals surface area (Å²) in [5.74, 6) is 0.386. The molecule has 3 aromatic rings.